The molecule has 7 aromatic carbocycles. The Bertz CT molecular complexity index is 2440. The third kappa shape index (κ3) is 4.48. The molecule has 0 spiro atoms. The second kappa shape index (κ2) is 10.6. The quantitative estimate of drug-likeness (QED) is 0.195. The second-order valence-corrected chi connectivity index (χ2v) is 13.0. The molecule has 0 unspecified atom stereocenters. The van der Waals surface area contributed by atoms with Crippen LogP contribution in [0.15, 0.2) is 168 Å². The smallest absolute Gasteiger partial charge is 0.135 e. The summed E-state index contributed by atoms with van der Waals surface area (Å²) in [6.07, 6.45) is 0. The van der Waals surface area contributed by atoms with Crippen LogP contribution in [0.5, 0.6) is 0 Å². The van der Waals surface area contributed by atoms with Crippen molar-refractivity contribution in [2.45, 2.75) is 19.3 Å². The number of para-hydroxylation sites is 2. The lowest BCUT2D eigenvalue weighted by Crippen LogP contribution is -2.16. The molecule has 0 N–H and O–H groups in total. The summed E-state index contributed by atoms with van der Waals surface area (Å²) in [6.45, 7) is 4.72. The van der Waals surface area contributed by atoms with E-state index in [4.69, 9.17) is 4.42 Å². The summed E-state index contributed by atoms with van der Waals surface area (Å²) in [5, 5.41) is 2.28. The standard InChI is InChI=1S/C45H33NO/c1-45(2)41-28-33(30-12-5-3-6-13-30)20-23-37(41)38-24-22-36(29-42(38)45)46(34-15-7-4-8-16-34)35-17-11-14-31(26-35)32-21-25-44-40(27-32)39-18-9-10-19-43(39)47-44/h3-29H,1-2H3. The number of anilines is 3. The first-order valence-corrected chi connectivity index (χ1v) is 16.3. The first-order valence-electron chi connectivity index (χ1n) is 16.3. The Kier molecular flexibility index (Phi) is 6.20. The first kappa shape index (κ1) is 27.5. The van der Waals surface area contributed by atoms with E-state index in [9.17, 15) is 0 Å². The fraction of sp³-hybridized carbons (Fsp3) is 0.0667. The van der Waals surface area contributed by atoms with Gasteiger partial charge in [0.15, 0.2) is 0 Å². The van der Waals surface area contributed by atoms with Crippen LogP contribution in [0, 0.1) is 0 Å². The van der Waals surface area contributed by atoms with Crippen LogP contribution in [0.1, 0.15) is 25.0 Å². The Labute approximate surface area is 275 Å². The maximum absolute atomic E-state index is 6.12. The van der Waals surface area contributed by atoms with Gasteiger partial charge in [-0.15, -0.1) is 0 Å². The van der Waals surface area contributed by atoms with Crippen molar-refractivity contribution >= 4 is 39.0 Å². The molecule has 0 amide bonds. The molecule has 1 aliphatic carbocycles. The molecule has 224 valence electrons. The van der Waals surface area contributed by atoms with Crippen LogP contribution in [-0.4, -0.2) is 0 Å². The SMILES string of the molecule is CC1(C)c2cc(-c3ccccc3)ccc2-c2ccc(N(c3ccccc3)c3cccc(-c4ccc5oc6ccccc6c5c4)c3)cc21. The van der Waals surface area contributed by atoms with Gasteiger partial charge >= 0.3 is 0 Å². The van der Waals surface area contributed by atoms with Gasteiger partial charge in [0.05, 0.1) is 0 Å². The molecule has 2 heteroatoms. The molecule has 9 rings (SSSR count). The van der Waals surface area contributed by atoms with Crippen molar-refractivity contribution < 1.29 is 4.42 Å². The summed E-state index contributed by atoms with van der Waals surface area (Å²) in [6, 6.07) is 59.0. The average molecular weight is 604 g/mol. The van der Waals surface area contributed by atoms with Crippen molar-refractivity contribution in [3.05, 3.63) is 175 Å². The zero-order valence-corrected chi connectivity index (χ0v) is 26.4. The van der Waals surface area contributed by atoms with Crippen LogP contribution >= 0.6 is 0 Å². The lowest BCUT2D eigenvalue weighted by Gasteiger charge is -2.28. The maximum atomic E-state index is 6.12. The van der Waals surface area contributed by atoms with E-state index in [1.165, 1.54) is 38.9 Å². The van der Waals surface area contributed by atoms with Crippen molar-refractivity contribution in [2.75, 3.05) is 4.90 Å². The van der Waals surface area contributed by atoms with Crippen LogP contribution in [0.25, 0.3) is 55.3 Å². The average Bonchev–Trinajstić information content (AvgIpc) is 3.60. The minimum absolute atomic E-state index is 0.140. The molecule has 0 bridgehead atoms. The number of furan rings is 1. The van der Waals surface area contributed by atoms with Crippen LogP contribution < -0.4 is 4.90 Å². The van der Waals surface area contributed by atoms with E-state index in [1.54, 1.807) is 0 Å². The van der Waals surface area contributed by atoms with E-state index in [-0.39, 0.29) is 5.41 Å². The number of rotatable bonds is 5. The third-order valence-corrected chi connectivity index (χ3v) is 9.85. The monoisotopic (exact) mass is 603 g/mol. The summed E-state index contributed by atoms with van der Waals surface area (Å²) in [7, 11) is 0. The van der Waals surface area contributed by atoms with Gasteiger partial charge in [-0.3, -0.25) is 0 Å². The molecule has 0 saturated heterocycles. The Morgan fingerprint density at radius 1 is 0.404 bits per heavy atom. The Morgan fingerprint density at radius 3 is 1.81 bits per heavy atom. The minimum atomic E-state index is -0.140. The topological polar surface area (TPSA) is 16.4 Å². The highest BCUT2D eigenvalue weighted by atomic mass is 16.3. The number of hydrogen-bond acceptors (Lipinski definition) is 2. The van der Waals surface area contributed by atoms with Crippen molar-refractivity contribution in [3.63, 3.8) is 0 Å². The predicted octanol–water partition coefficient (Wildman–Crippen LogP) is 12.7. The highest BCUT2D eigenvalue weighted by Crippen LogP contribution is 2.51. The van der Waals surface area contributed by atoms with Crippen LogP contribution in [0.3, 0.4) is 0 Å². The molecule has 1 aromatic heterocycles. The van der Waals surface area contributed by atoms with Gasteiger partial charge in [-0.2, -0.15) is 0 Å². The molecular formula is C45H33NO. The van der Waals surface area contributed by atoms with Gasteiger partial charge in [0, 0.05) is 33.2 Å². The van der Waals surface area contributed by atoms with Crippen molar-refractivity contribution in [1.29, 1.82) is 0 Å². The molecule has 0 aliphatic heterocycles. The number of nitrogens with zero attached hydrogens (tertiary/aromatic N) is 1. The number of fused-ring (bicyclic) bond motifs is 6. The summed E-state index contributed by atoms with van der Waals surface area (Å²) in [5.74, 6) is 0. The van der Waals surface area contributed by atoms with Crippen LogP contribution in [0.4, 0.5) is 17.1 Å². The van der Waals surface area contributed by atoms with Gasteiger partial charge in [-0.1, -0.05) is 117 Å². The molecule has 1 aliphatic rings. The molecule has 8 aromatic rings. The highest BCUT2D eigenvalue weighted by molar-refractivity contribution is 6.06. The third-order valence-electron chi connectivity index (χ3n) is 9.85. The van der Waals surface area contributed by atoms with Gasteiger partial charge in [0.25, 0.3) is 0 Å². The Morgan fingerprint density at radius 2 is 0.979 bits per heavy atom. The van der Waals surface area contributed by atoms with Gasteiger partial charge in [0.2, 0.25) is 0 Å². The molecule has 0 saturated carbocycles. The van der Waals surface area contributed by atoms with Gasteiger partial charge < -0.3 is 9.32 Å². The normalized spacial score (nSPS) is 13.1. The van der Waals surface area contributed by atoms with E-state index >= 15 is 0 Å². The minimum Gasteiger partial charge on any atom is -0.456 e. The fourth-order valence-corrected chi connectivity index (χ4v) is 7.43. The Balaban J connectivity index is 1.15. The van der Waals surface area contributed by atoms with Crippen LogP contribution in [0.2, 0.25) is 0 Å². The molecular weight excluding hydrogens is 571 g/mol. The zero-order chi connectivity index (χ0) is 31.5. The lowest BCUT2D eigenvalue weighted by molar-refractivity contribution is 0.660. The summed E-state index contributed by atoms with van der Waals surface area (Å²) >= 11 is 0. The zero-order valence-electron chi connectivity index (χ0n) is 26.4. The van der Waals surface area contributed by atoms with Crippen molar-refractivity contribution in [3.8, 4) is 33.4 Å². The fourth-order valence-electron chi connectivity index (χ4n) is 7.43. The van der Waals surface area contributed by atoms with Gasteiger partial charge in [-0.05, 0) is 105 Å². The summed E-state index contributed by atoms with van der Waals surface area (Å²) in [4.78, 5) is 2.38. The van der Waals surface area contributed by atoms with E-state index < -0.39 is 0 Å². The molecule has 47 heavy (non-hydrogen) atoms. The van der Waals surface area contributed by atoms with E-state index in [0.29, 0.717) is 0 Å². The first-order chi connectivity index (χ1) is 23.0. The summed E-state index contributed by atoms with van der Waals surface area (Å²) in [5.41, 5.74) is 15.3. The van der Waals surface area contributed by atoms with E-state index in [0.717, 1.165) is 44.6 Å². The molecule has 0 fully saturated rings. The second-order valence-electron chi connectivity index (χ2n) is 13.0. The van der Waals surface area contributed by atoms with Crippen LogP contribution in [-0.2, 0) is 5.41 Å². The van der Waals surface area contributed by atoms with Crippen molar-refractivity contribution in [1.82, 2.24) is 0 Å². The number of hydrogen-bond donors (Lipinski definition) is 0. The maximum Gasteiger partial charge on any atom is 0.135 e. The molecule has 1 heterocycles. The molecule has 0 radical (unpaired) electrons. The summed E-state index contributed by atoms with van der Waals surface area (Å²) < 4.78 is 6.12. The van der Waals surface area contributed by atoms with E-state index in [1.807, 2.05) is 12.1 Å². The van der Waals surface area contributed by atoms with Gasteiger partial charge in [0.1, 0.15) is 11.2 Å². The largest absolute Gasteiger partial charge is 0.456 e. The number of benzene rings is 7. The highest BCUT2D eigenvalue weighted by Gasteiger charge is 2.36. The van der Waals surface area contributed by atoms with E-state index in [2.05, 4.69) is 170 Å². The van der Waals surface area contributed by atoms with Crippen molar-refractivity contribution in [2.24, 2.45) is 0 Å². The molecule has 2 nitrogen and oxygen atoms in total. The van der Waals surface area contributed by atoms with Gasteiger partial charge in [-0.25, -0.2) is 0 Å². The predicted molar refractivity (Wildman–Crippen MR) is 197 cm³/mol. The lowest BCUT2D eigenvalue weighted by atomic mass is 9.81. The Hall–Kier alpha value is -5.86. The molecule has 0 atom stereocenters.